The van der Waals surface area contributed by atoms with E-state index in [2.05, 4.69) is 0 Å². The number of rotatable bonds is 0. The molecule has 0 amide bonds. The first-order valence-corrected chi connectivity index (χ1v) is 0. The van der Waals surface area contributed by atoms with Gasteiger partial charge in [-0.1, -0.05) is 0 Å². The van der Waals surface area contributed by atoms with E-state index in [1.165, 1.54) is 0 Å². The smallest absolute Gasteiger partial charge is 0 e. The summed E-state index contributed by atoms with van der Waals surface area (Å²) in [5, 5.41) is 0. The fourth-order valence-electron chi connectivity index (χ4n) is 0. The topological polar surface area (TPSA) is 0 Å². The van der Waals surface area contributed by atoms with Crippen LogP contribution in [0.2, 0.25) is 0 Å². The minimum Gasteiger partial charge on any atom is 0 e. The van der Waals surface area contributed by atoms with Crippen molar-refractivity contribution in [3.05, 3.63) is 0 Å². The zero-order chi connectivity index (χ0) is 0. The monoisotopic (exact) mass is 416 g/mol. The van der Waals surface area contributed by atoms with Crippen LogP contribution >= 0.6 is 0 Å². The normalized spacial score (nSPS) is 0. The maximum absolute atomic E-state index is 0. The van der Waals surface area contributed by atoms with Gasteiger partial charge in [-0.3, -0.25) is 0 Å². The van der Waals surface area contributed by atoms with Gasteiger partial charge in [-0.2, -0.15) is 0 Å². The first-order valence-electron chi connectivity index (χ1n) is 0. The maximum Gasteiger partial charge on any atom is 0 e. The van der Waals surface area contributed by atoms with Crippen LogP contribution in [0.4, 0.5) is 0 Å². The zero-order valence-corrected chi connectivity index (χ0v) is 12.5. The molecule has 0 spiro atoms. The fourth-order valence-corrected chi connectivity index (χ4v) is 0. The third kappa shape index (κ3) is 26.3. The van der Waals surface area contributed by atoms with Gasteiger partial charge in [0.1, 0.15) is 0 Å². The van der Waals surface area contributed by atoms with E-state index in [-0.39, 0.29) is 109 Å². The van der Waals surface area contributed by atoms with Gasteiger partial charge in [-0.15, -0.1) is 0 Å². The molecule has 6 heavy (non-hydrogen) atoms. The van der Waals surface area contributed by atoms with Crippen LogP contribution in [-0.2, 0) is 91.7 Å². The maximum atomic E-state index is 0. The quantitative estimate of drug-likeness (QED) is 0.474. The van der Waals surface area contributed by atoms with Crippen molar-refractivity contribution in [1.82, 2.24) is 0 Å². The molecule has 0 aliphatic rings. The van der Waals surface area contributed by atoms with E-state index < -0.39 is 0 Å². The molecule has 0 nitrogen and oxygen atoms in total. The molecule has 0 saturated heterocycles. The Hall–Kier alpha value is 3.39. The molecule has 0 aromatic heterocycles. The van der Waals surface area contributed by atoms with Gasteiger partial charge in [0.15, 0.2) is 0 Å². The number of hydrogen-bond acceptors (Lipinski definition) is 0. The third-order valence-electron chi connectivity index (χ3n) is 0. The summed E-state index contributed by atoms with van der Waals surface area (Å²) in [6, 6.07) is 0. The molecule has 0 saturated carbocycles. The zero-order valence-electron chi connectivity index (χ0n) is 2.56. The van der Waals surface area contributed by atoms with Crippen LogP contribution in [0, 0.1) is 0 Å². The molecule has 0 aromatic rings. The largest absolute Gasteiger partial charge is 0 e. The Morgan fingerprint density at radius 3 is 1.00 bits per heavy atom. The van der Waals surface area contributed by atoms with E-state index in [1.54, 1.807) is 0 Å². The van der Waals surface area contributed by atoms with Crippen molar-refractivity contribution in [3.63, 3.8) is 0 Å². The van der Waals surface area contributed by atoms with Crippen LogP contribution in [0.3, 0.4) is 0 Å². The van der Waals surface area contributed by atoms with Gasteiger partial charge < -0.3 is 0 Å². The molecule has 0 unspecified atom stereocenters. The van der Waals surface area contributed by atoms with Gasteiger partial charge in [-0.05, 0) is 0 Å². The van der Waals surface area contributed by atoms with E-state index in [4.69, 9.17) is 0 Å². The Labute approximate surface area is 107 Å². The molecule has 0 fully saturated rings. The van der Waals surface area contributed by atoms with Crippen molar-refractivity contribution in [2.75, 3.05) is 0 Å². The minimum atomic E-state index is 0. The predicted molar refractivity (Wildman–Crippen MR) is 5.75 cm³/mol. The van der Waals surface area contributed by atoms with Crippen LogP contribution in [-0.4, -0.2) is 17.1 Å². The second-order valence-corrected chi connectivity index (χ2v) is 0. The van der Waals surface area contributed by atoms with Crippen LogP contribution in [0.1, 0.15) is 0 Å². The average molecular weight is 415 g/mol. The fraction of sp³-hybridized carbons (Fsp3) is 0. The summed E-state index contributed by atoms with van der Waals surface area (Å²) >= 11 is 0. The van der Waals surface area contributed by atoms with Crippen LogP contribution < -0.4 is 0 Å². The second kappa shape index (κ2) is 39.9. The summed E-state index contributed by atoms with van der Waals surface area (Å²) in [4.78, 5) is 0. The van der Waals surface area contributed by atoms with Crippen LogP contribution in [0.5, 0.6) is 0 Å². The number of hydrogen-bond donors (Lipinski definition) is 0. The Kier molecular flexibility index (Phi) is 382. The molecule has 0 heterocycles. The van der Waals surface area contributed by atoms with Gasteiger partial charge in [-0.25, -0.2) is 0 Å². The molecule has 0 aliphatic heterocycles. The van der Waals surface area contributed by atoms with Gasteiger partial charge in [0.05, 0.1) is 0 Å². The minimum absolute atomic E-state index is 0. The van der Waals surface area contributed by atoms with Gasteiger partial charge in [0.25, 0.3) is 0 Å². The van der Waals surface area contributed by atoms with Gasteiger partial charge >= 0.3 is 0 Å². The van der Waals surface area contributed by atoms with E-state index in [1.807, 2.05) is 0 Å². The average Bonchev–Trinajstić information content (AvgIpc) is 0. The van der Waals surface area contributed by atoms with Crippen LogP contribution in [0.25, 0.3) is 0 Å². The van der Waals surface area contributed by atoms with Crippen molar-refractivity contribution >= 4 is 17.1 Å². The molecule has 4 radical (unpaired) electrons. The van der Waals surface area contributed by atoms with E-state index >= 15 is 0 Å². The Morgan fingerprint density at radius 1 is 1.00 bits per heavy atom. The standard InChI is InChI=1S/Cu.Fe.Mn.Mo.Se.Zn. The summed E-state index contributed by atoms with van der Waals surface area (Å²) in [6.07, 6.45) is 0. The summed E-state index contributed by atoms with van der Waals surface area (Å²) in [5.74, 6) is 0. The Bertz CT molecular complexity index is 15.5. The van der Waals surface area contributed by atoms with Crippen molar-refractivity contribution in [2.45, 2.75) is 0 Å². The first kappa shape index (κ1) is 57.5. The molecule has 0 aromatic carbocycles. The molecule has 0 rings (SSSR count). The van der Waals surface area contributed by atoms with E-state index in [0.717, 1.165) is 0 Å². The second-order valence-electron chi connectivity index (χ2n) is 0. The van der Waals surface area contributed by atoms with E-state index in [9.17, 15) is 0 Å². The molecule has 40 valence electrons. The van der Waals surface area contributed by atoms with Crippen molar-refractivity contribution < 1.29 is 91.7 Å². The predicted octanol–water partition coefficient (Wildman–Crippen LogP) is -0.393. The molecule has 6 heteroatoms. The molecular formula is CuFeMnMoSeZn. The third-order valence-corrected chi connectivity index (χ3v) is 0. The van der Waals surface area contributed by atoms with Crippen LogP contribution in [0.15, 0.2) is 0 Å². The van der Waals surface area contributed by atoms with Gasteiger partial charge in [0.2, 0.25) is 0 Å². The van der Waals surface area contributed by atoms with Crippen molar-refractivity contribution in [2.24, 2.45) is 0 Å². The Morgan fingerprint density at radius 2 is 1.00 bits per heavy atom. The SMILES string of the molecule is [Cu].[Fe].[Mn].[Mo].[Se].[Zn]. The summed E-state index contributed by atoms with van der Waals surface area (Å²) in [5.41, 5.74) is 0. The first-order chi connectivity index (χ1) is 0. The van der Waals surface area contributed by atoms with Crippen molar-refractivity contribution in [1.29, 1.82) is 0 Å². The molecule has 0 aliphatic carbocycles. The summed E-state index contributed by atoms with van der Waals surface area (Å²) < 4.78 is 0. The Balaban J connectivity index is 0. The van der Waals surface area contributed by atoms with Crippen molar-refractivity contribution in [3.8, 4) is 0 Å². The molecule has 0 N–H and O–H groups in total. The molecule has 0 atom stereocenters. The van der Waals surface area contributed by atoms with Gasteiger partial charge in [0, 0.05) is 109 Å². The molecular weight excluding hydrogens is 415 g/mol. The molecule has 0 bridgehead atoms. The summed E-state index contributed by atoms with van der Waals surface area (Å²) in [7, 11) is 0. The summed E-state index contributed by atoms with van der Waals surface area (Å²) in [6.45, 7) is 0. The van der Waals surface area contributed by atoms with E-state index in [0.29, 0.717) is 0 Å².